The van der Waals surface area contributed by atoms with Crippen LogP contribution in [0.1, 0.15) is 88.2 Å². The average Bonchev–Trinajstić information content (AvgIpc) is 3.75. The zero-order chi connectivity index (χ0) is 32.6. The summed E-state index contributed by atoms with van der Waals surface area (Å²) in [4.78, 5) is 15.7. The van der Waals surface area contributed by atoms with Crippen molar-refractivity contribution in [1.82, 2.24) is 44.4 Å². The minimum Gasteiger partial charge on any atom is -0.484 e. The lowest BCUT2D eigenvalue weighted by Gasteiger charge is -2.32. The number of likely N-dealkylation sites (N-methyl/N-ethyl adjacent to an activating group) is 1. The molecular formula is C34H44N10O2. The second-order valence-corrected chi connectivity index (χ2v) is 13.6. The number of hydrogen-bond acceptors (Lipinski definition) is 7. The molecular weight excluding hydrogens is 580 g/mol. The van der Waals surface area contributed by atoms with Crippen LogP contribution in [0.15, 0.2) is 61.1 Å². The first-order valence-electron chi connectivity index (χ1n) is 15.9. The number of amides is 2. The van der Waals surface area contributed by atoms with E-state index in [0.29, 0.717) is 5.82 Å². The van der Waals surface area contributed by atoms with Gasteiger partial charge in [0, 0.05) is 23.9 Å². The molecule has 242 valence electrons. The van der Waals surface area contributed by atoms with E-state index in [0.717, 1.165) is 65.7 Å². The zero-order valence-electron chi connectivity index (χ0n) is 27.7. The molecule has 4 aromatic heterocycles. The van der Waals surface area contributed by atoms with Crippen LogP contribution in [0.2, 0.25) is 0 Å². The van der Waals surface area contributed by atoms with Crippen LogP contribution in [0.3, 0.4) is 0 Å². The first kappa shape index (κ1) is 31.3. The van der Waals surface area contributed by atoms with E-state index in [9.17, 15) is 4.79 Å². The molecule has 6 rings (SSSR count). The Morgan fingerprint density at radius 1 is 1.07 bits per heavy atom. The Morgan fingerprint density at radius 3 is 2.59 bits per heavy atom. The smallest absolute Gasteiger partial charge is 0.320 e. The highest BCUT2D eigenvalue weighted by Crippen LogP contribution is 2.39. The van der Waals surface area contributed by atoms with Crippen LogP contribution in [0.25, 0.3) is 11.3 Å². The third-order valence-corrected chi connectivity index (χ3v) is 8.30. The van der Waals surface area contributed by atoms with Gasteiger partial charge in [-0.15, -0.1) is 10.2 Å². The summed E-state index contributed by atoms with van der Waals surface area (Å²) in [5, 5.41) is 24.3. The predicted molar refractivity (Wildman–Crippen MR) is 178 cm³/mol. The lowest BCUT2D eigenvalue weighted by atomic mass is 9.85. The fourth-order valence-electron chi connectivity index (χ4n) is 5.77. The number of fused-ring (bicyclic) bond motifs is 2. The van der Waals surface area contributed by atoms with Crippen molar-refractivity contribution in [2.45, 2.75) is 77.5 Å². The van der Waals surface area contributed by atoms with E-state index in [4.69, 9.17) is 9.84 Å². The lowest BCUT2D eigenvalue weighted by molar-refractivity contribution is 0.171. The van der Waals surface area contributed by atoms with Crippen molar-refractivity contribution in [2.75, 3.05) is 26.0 Å². The molecule has 12 heteroatoms. The van der Waals surface area contributed by atoms with Crippen LogP contribution in [-0.4, -0.2) is 65.7 Å². The maximum absolute atomic E-state index is 13.5. The molecule has 0 radical (unpaired) electrons. The molecule has 1 aromatic carbocycles. The number of aromatic nitrogens is 7. The summed E-state index contributed by atoms with van der Waals surface area (Å²) in [6, 6.07) is 13.5. The molecule has 46 heavy (non-hydrogen) atoms. The molecule has 0 aliphatic heterocycles. The van der Waals surface area contributed by atoms with Crippen molar-refractivity contribution in [1.29, 1.82) is 0 Å². The van der Waals surface area contributed by atoms with Gasteiger partial charge < -0.3 is 15.0 Å². The summed E-state index contributed by atoms with van der Waals surface area (Å²) in [6.07, 6.45) is 7.03. The molecule has 0 saturated carbocycles. The first-order chi connectivity index (χ1) is 22.0. The molecule has 1 aliphatic carbocycles. The van der Waals surface area contributed by atoms with Gasteiger partial charge in [-0.25, -0.2) is 9.48 Å². The fourth-order valence-corrected chi connectivity index (χ4v) is 5.77. The highest BCUT2D eigenvalue weighted by Gasteiger charge is 2.30. The number of nitrogens with one attached hydrogen (secondary N) is 2. The van der Waals surface area contributed by atoms with Gasteiger partial charge in [0.15, 0.2) is 5.65 Å². The maximum atomic E-state index is 13.5. The highest BCUT2D eigenvalue weighted by molar-refractivity contribution is 5.89. The molecule has 2 N–H and O–H groups in total. The molecule has 12 nitrogen and oxygen atoms in total. The molecule has 2 amide bonds. The van der Waals surface area contributed by atoms with Crippen LogP contribution >= 0.6 is 0 Å². The standard InChI is InChI=1S/C34H44N10O2/c1-22(2)32-39-38-30-15-12-24(21-43(30)32)46-28-14-13-27(25-10-8-9-11-26(25)28)36-33(45)37-31-18-29(34(3,4)5)40-44(31)23-19-35-42(20-23)17-16-41(6)7/h8-12,15,18-22,27-28H,13-14,16-17H2,1-7H3,(H2,36,37,45)/t27-,28?/m0/s1. The van der Waals surface area contributed by atoms with Gasteiger partial charge in [0.05, 0.1) is 36.9 Å². The molecule has 0 fully saturated rings. The molecule has 1 unspecified atom stereocenters. The molecule has 0 saturated heterocycles. The molecule has 0 spiro atoms. The van der Waals surface area contributed by atoms with E-state index in [2.05, 4.69) is 77.6 Å². The molecule has 1 aliphatic rings. The lowest BCUT2D eigenvalue weighted by Crippen LogP contribution is -2.36. The largest absolute Gasteiger partial charge is 0.484 e. The van der Waals surface area contributed by atoms with Gasteiger partial charge in [-0.2, -0.15) is 10.2 Å². The number of hydrogen-bond donors (Lipinski definition) is 2. The van der Waals surface area contributed by atoms with Crippen LogP contribution in [0, 0.1) is 0 Å². The normalized spacial score (nSPS) is 16.6. The summed E-state index contributed by atoms with van der Waals surface area (Å²) in [7, 11) is 4.07. The van der Waals surface area contributed by atoms with E-state index in [-0.39, 0.29) is 29.5 Å². The molecule has 0 bridgehead atoms. The first-order valence-corrected chi connectivity index (χ1v) is 15.9. The van der Waals surface area contributed by atoms with Crippen molar-refractivity contribution < 1.29 is 9.53 Å². The summed E-state index contributed by atoms with van der Waals surface area (Å²) >= 11 is 0. The SMILES string of the molecule is CC(C)c1nnc2ccc(OC3CC[C@H](NC(=O)Nc4cc(C(C)(C)C)nn4-c4cnn(CCN(C)C)c4)c4ccccc43)cn12. The Kier molecular flexibility index (Phi) is 8.56. The van der Waals surface area contributed by atoms with Gasteiger partial charge in [-0.1, -0.05) is 58.9 Å². The van der Waals surface area contributed by atoms with Crippen LogP contribution in [0.5, 0.6) is 5.75 Å². The van der Waals surface area contributed by atoms with Crippen LogP contribution in [0.4, 0.5) is 10.6 Å². The Balaban J connectivity index is 1.19. The fraction of sp³-hybridized carbons (Fsp3) is 0.441. The van der Waals surface area contributed by atoms with Crippen molar-refractivity contribution in [3.05, 3.63) is 83.7 Å². The van der Waals surface area contributed by atoms with Gasteiger partial charge in [-0.05, 0) is 50.2 Å². The number of carbonyl (C=O) groups excluding carboxylic acids is 1. The van der Waals surface area contributed by atoms with Crippen molar-refractivity contribution in [3.63, 3.8) is 0 Å². The van der Waals surface area contributed by atoms with Crippen molar-refractivity contribution in [3.8, 4) is 11.4 Å². The van der Waals surface area contributed by atoms with Crippen LogP contribution < -0.4 is 15.4 Å². The minimum atomic E-state index is -0.292. The molecule has 4 heterocycles. The summed E-state index contributed by atoms with van der Waals surface area (Å²) < 4.78 is 12.2. The number of urea groups is 1. The van der Waals surface area contributed by atoms with E-state index >= 15 is 0 Å². The third-order valence-electron chi connectivity index (χ3n) is 8.30. The Bertz CT molecular complexity index is 1830. The van der Waals surface area contributed by atoms with Gasteiger partial charge in [-0.3, -0.25) is 14.4 Å². The Morgan fingerprint density at radius 2 is 1.85 bits per heavy atom. The monoisotopic (exact) mass is 624 g/mol. The number of rotatable bonds is 9. The number of carbonyl (C=O) groups is 1. The second-order valence-electron chi connectivity index (χ2n) is 13.6. The number of anilines is 1. The third kappa shape index (κ3) is 6.62. The Labute approximate surface area is 269 Å². The van der Waals surface area contributed by atoms with Crippen molar-refractivity contribution in [2.24, 2.45) is 0 Å². The Hall–Kier alpha value is -4.71. The average molecular weight is 625 g/mol. The number of benzene rings is 1. The predicted octanol–water partition coefficient (Wildman–Crippen LogP) is 5.87. The number of ether oxygens (including phenoxy) is 1. The number of pyridine rings is 1. The van der Waals surface area contributed by atoms with E-state index in [1.54, 1.807) is 10.9 Å². The summed E-state index contributed by atoms with van der Waals surface area (Å²) in [6.45, 7) is 12.1. The van der Waals surface area contributed by atoms with Crippen LogP contribution in [-0.2, 0) is 12.0 Å². The summed E-state index contributed by atoms with van der Waals surface area (Å²) in [5.41, 5.74) is 4.37. The zero-order valence-corrected chi connectivity index (χ0v) is 27.7. The van der Waals surface area contributed by atoms with E-state index < -0.39 is 0 Å². The topological polar surface area (TPSA) is 119 Å². The van der Waals surface area contributed by atoms with Gasteiger partial charge in [0.2, 0.25) is 0 Å². The second kappa shape index (κ2) is 12.6. The van der Waals surface area contributed by atoms with E-state index in [1.807, 2.05) is 65.9 Å². The van der Waals surface area contributed by atoms with Gasteiger partial charge in [0.1, 0.15) is 29.2 Å². The molecule has 2 atom stereocenters. The van der Waals surface area contributed by atoms with Crippen molar-refractivity contribution >= 4 is 17.5 Å². The quantitative estimate of drug-likeness (QED) is 0.211. The number of nitrogens with zero attached hydrogens (tertiary/aromatic N) is 8. The van der Waals surface area contributed by atoms with Gasteiger partial charge >= 0.3 is 6.03 Å². The highest BCUT2D eigenvalue weighted by atomic mass is 16.5. The minimum absolute atomic E-state index is 0.145. The van der Waals surface area contributed by atoms with Gasteiger partial charge in [0.25, 0.3) is 0 Å². The summed E-state index contributed by atoms with van der Waals surface area (Å²) in [5.74, 6) is 2.48. The molecule has 5 aromatic rings. The maximum Gasteiger partial charge on any atom is 0.320 e. The van der Waals surface area contributed by atoms with E-state index in [1.165, 1.54) is 0 Å².